The number of nitrogens with two attached hydrogens (primary N) is 1. The van der Waals surface area contributed by atoms with E-state index >= 15 is 0 Å². The number of hydrogen-bond donors (Lipinski definition) is 3. The van der Waals surface area contributed by atoms with Crippen molar-refractivity contribution in [3.05, 3.63) is 17.8 Å². The molecular weight excluding hydrogens is 228 g/mol. The van der Waals surface area contributed by atoms with Crippen LogP contribution in [0, 0.1) is 0 Å². The third-order valence-corrected chi connectivity index (χ3v) is 2.15. The number of pyridine rings is 1. The van der Waals surface area contributed by atoms with E-state index in [2.05, 4.69) is 9.72 Å². The molecule has 7 nitrogen and oxygen atoms in total. The third-order valence-electron chi connectivity index (χ3n) is 2.15. The van der Waals surface area contributed by atoms with Crippen molar-refractivity contribution in [3.63, 3.8) is 0 Å². The van der Waals surface area contributed by atoms with Crippen molar-refractivity contribution in [2.75, 3.05) is 20.0 Å². The molecule has 1 aromatic rings. The van der Waals surface area contributed by atoms with Crippen LogP contribution >= 0.6 is 0 Å². The maximum Gasteiger partial charge on any atom is 0.337 e. The Morgan fingerprint density at radius 2 is 2.12 bits per heavy atom. The fraction of sp³-hybridized carbons (Fsp3) is 0.400. The van der Waals surface area contributed by atoms with Crippen LogP contribution in [0.4, 0.5) is 5.69 Å². The summed E-state index contributed by atoms with van der Waals surface area (Å²) in [5.74, 6) is -0.878. The molecule has 0 bridgehead atoms. The van der Waals surface area contributed by atoms with Crippen molar-refractivity contribution in [3.8, 4) is 5.88 Å². The molecule has 7 heteroatoms. The van der Waals surface area contributed by atoms with Gasteiger partial charge in [0.25, 0.3) is 0 Å². The highest BCUT2D eigenvalue weighted by Crippen LogP contribution is 2.27. The Labute approximate surface area is 97.8 Å². The first-order valence-corrected chi connectivity index (χ1v) is 4.74. The van der Waals surface area contributed by atoms with Gasteiger partial charge in [0.05, 0.1) is 26.1 Å². The molecule has 0 aromatic carbocycles. The number of carbonyl (C=O) groups is 1. The number of aromatic nitrogens is 1. The molecule has 0 fully saturated rings. The van der Waals surface area contributed by atoms with Gasteiger partial charge in [-0.15, -0.1) is 0 Å². The van der Waals surface area contributed by atoms with Gasteiger partial charge in [-0.05, 0) is 6.07 Å². The molecule has 0 spiro atoms. The zero-order valence-electron chi connectivity index (χ0n) is 9.45. The molecule has 0 aliphatic rings. The molecule has 2 unspecified atom stereocenters. The summed E-state index contributed by atoms with van der Waals surface area (Å²) in [6.45, 7) is 0. The smallest absolute Gasteiger partial charge is 0.337 e. The van der Waals surface area contributed by atoms with Crippen LogP contribution in [-0.2, 0) is 9.53 Å². The molecule has 2 atom stereocenters. The number of nitrogens with zero attached hydrogens (tertiary/aromatic N) is 1. The monoisotopic (exact) mass is 242 g/mol. The number of anilines is 1. The Kier molecular flexibility index (Phi) is 4.24. The van der Waals surface area contributed by atoms with E-state index in [4.69, 9.17) is 10.5 Å². The summed E-state index contributed by atoms with van der Waals surface area (Å²) in [4.78, 5) is 14.9. The predicted molar refractivity (Wildman–Crippen MR) is 58.2 cm³/mol. The number of methoxy groups -OCH3 is 2. The summed E-state index contributed by atoms with van der Waals surface area (Å²) in [7, 11) is 2.45. The molecule has 0 saturated heterocycles. The van der Waals surface area contributed by atoms with Gasteiger partial charge in [0.1, 0.15) is 6.10 Å². The zero-order chi connectivity index (χ0) is 13.0. The van der Waals surface area contributed by atoms with Crippen molar-refractivity contribution in [1.82, 2.24) is 4.98 Å². The molecule has 1 rings (SSSR count). The van der Waals surface area contributed by atoms with Gasteiger partial charge < -0.3 is 25.4 Å². The molecule has 0 aliphatic heterocycles. The average Bonchev–Trinajstić information content (AvgIpc) is 2.35. The maximum absolute atomic E-state index is 11.1. The van der Waals surface area contributed by atoms with E-state index in [1.54, 1.807) is 0 Å². The highest BCUT2D eigenvalue weighted by Gasteiger charge is 2.29. The van der Waals surface area contributed by atoms with Gasteiger partial charge in [-0.2, -0.15) is 0 Å². The van der Waals surface area contributed by atoms with Gasteiger partial charge in [-0.25, -0.2) is 9.78 Å². The number of esters is 1. The number of rotatable bonds is 4. The number of ether oxygens (including phenoxy) is 2. The van der Waals surface area contributed by atoms with E-state index in [-0.39, 0.29) is 17.1 Å². The molecule has 4 N–H and O–H groups in total. The molecule has 0 amide bonds. The lowest BCUT2D eigenvalue weighted by Crippen LogP contribution is -2.29. The summed E-state index contributed by atoms with van der Waals surface area (Å²) in [5, 5.41) is 19.3. The minimum Gasteiger partial charge on any atom is -0.481 e. The summed E-state index contributed by atoms with van der Waals surface area (Å²) in [5.41, 5.74) is 5.89. The van der Waals surface area contributed by atoms with Crippen LogP contribution in [0.1, 0.15) is 11.7 Å². The lowest BCUT2D eigenvalue weighted by Gasteiger charge is -2.17. The summed E-state index contributed by atoms with van der Waals surface area (Å²) >= 11 is 0. The van der Waals surface area contributed by atoms with E-state index < -0.39 is 18.2 Å². The Morgan fingerprint density at radius 3 is 2.65 bits per heavy atom. The number of aliphatic hydroxyl groups is 2. The highest BCUT2D eigenvalue weighted by molar-refractivity contribution is 5.75. The van der Waals surface area contributed by atoms with Gasteiger partial charge in [-0.3, -0.25) is 0 Å². The van der Waals surface area contributed by atoms with Crippen LogP contribution in [0.3, 0.4) is 0 Å². The Morgan fingerprint density at radius 1 is 1.47 bits per heavy atom. The van der Waals surface area contributed by atoms with E-state index in [0.29, 0.717) is 0 Å². The first-order chi connectivity index (χ1) is 8.01. The molecule has 0 saturated carbocycles. The molecule has 17 heavy (non-hydrogen) atoms. The number of aliphatic hydroxyl groups excluding tert-OH is 2. The summed E-state index contributed by atoms with van der Waals surface area (Å²) < 4.78 is 9.21. The van der Waals surface area contributed by atoms with Gasteiger partial charge in [-0.1, -0.05) is 0 Å². The SMILES string of the molecule is COC(=O)C(O)C(O)c1cc(N)cnc1OC. The van der Waals surface area contributed by atoms with E-state index in [9.17, 15) is 15.0 Å². The van der Waals surface area contributed by atoms with Crippen molar-refractivity contribution < 1.29 is 24.5 Å². The average molecular weight is 242 g/mol. The number of nitrogen functional groups attached to an aromatic ring is 1. The van der Waals surface area contributed by atoms with Gasteiger partial charge in [0.15, 0.2) is 6.10 Å². The second kappa shape index (κ2) is 5.46. The van der Waals surface area contributed by atoms with Crippen LogP contribution in [0.15, 0.2) is 12.3 Å². The Balaban J connectivity index is 3.05. The summed E-state index contributed by atoms with van der Waals surface area (Å²) in [6, 6.07) is 1.36. The van der Waals surface area contributed by atoms with Crippen LogP contribution in [0.2, 0.25) is 0 Å². The second-order valence-corrected chi connectivity index (χ2v) is 3.28. The number of carbonyl (C=O) groups excluding carboxylic acids is 1. The Bertz CT molecular complexity index is 410. The van der Waals surface area contributed by atoms with Gasteiger partial charge in [0, 0.05) is 5.56 Å². The van der Waals surface area contributed by atoms with Crippen molar-refractivity contribution in [1.29, 1.82) is 0 Å². The lowest BCUT2D eigenvalue weighted by atomic mass is 10.1. The van der Waals surface area contributed by atoms with E-state index in [1.807, 2.05) is 0 Å². The third kappa shape index (κ3) is 2.83. The molecule has 1 heterocycles. The lowest BCUT2D eigenvalue weighted by molar-refractivity contribution is -0.156. The fourth-order valence-electron chi connectivity index (χ4n) is 1.29. The van der Waals surface area contributed by atoms with Crippen LogP contribution < -0.4 is 10.5 Å². The standard InChI is InChI=1S/C10H14N2O5/c1-16-9-6(3-5(11)4-12-9)7(13)8(14)10(15)17-2/h3-4,7-8,13-14H,11H2,1-2H3. The first kappa shape index (κ1) is 13.2. The molecular formula is C10H14N2O5. The van der Waals surface area contributed by atoms with Crippen molar-refractivity contribution in [2.45, 2.75) is 12.2 Å². The fourth-order valence-corrected chi connectivity index (χ4v) is 1.29. The predicted octanol–water partition coefficient (Wildman–Crippen LogP) is -0.760. The van der Waals surface area contributed by atoms with Crippen molar-refractivity contribution >= 4 is 11.7 Å². The van der Waals surface area contributed by atoms with Crippen LogP contribution in [0.5, 0.6) is 5.88 Å². The maximum atomic E-state index is 11.1. The normalized spacial score (nSPS) is 13.9. The van der Waals surface area contributed by atoms with E-state index in [1.165, 1.54) is 19.4 Å². The minimum atomic E-state index is -1.72. The van der Waals surface area contributed by atoms with Gasteiger partial charge in [0.2, 0.25) is 5.88 Å². The van der Waals surface area contributed by atoms with Gasteiger partial charge >= 0.3 is 5.97 Å². The minimum absolute atomic E-state index is 0.0784. The summed E-state index contributed by atoms with van der Waals surface area (Å²) in [6.07, 6.45) is -1.91. The van der Waals surface area contributed by atoms with Crippen molar-refractivity contribution in [2.24, 2.45) is 0 Å². The second-order valence-electron chi connectivity index (χ2n) is 3.28. The molecule has 0 aliphatic carbocycles. The topological polar surface area (TPSA) is 115 Å². The highest BCUT2D eigenvalue weighted by atomic mass is 16.5. The Hall–Kier alpha value is -1.86. The molecule has 94 valence electrons. The number of hydrogen-bond acceptors (Lipinski definition) is 7. The molecule has 1 aromatic heterocycles. The zero-order valence-corrected chi connectivity index (χ0v) is 9.45. The first-order valence-electron chi connectivity index (χ1n) is 4.74. The quantitative estimate of drug-likeness (QED) is 0.594. The van der Waals surface area contributed by atoms with Crippen LogP contribution in [0.25, 0.3) is 0 Å². The molecule has 0 radical (unpaired) electrons. The van der Waals surface area contributed by atoms with E-state index in [0.717, 1.165) is 7.11 Å². The largest absolute Gasteiger partial charge is 0.481 e. The van der Waals surface area contributed by atoms with Crippen LogP contribution in [-0.4, -0.2) is 41.5 Å².